The first-order valence-corrected chi connectivity index (χ1v) is 11.8. The first-order valence-electron chi connectivity index (χ1n) is 10.9. The number of hydrogen-bond donors (Lipinski definition) is 0. The third-order valence-electron chi connectivity index (χ3n) is 6.86. The Morgan fingerprint density at radius 2 is 1.87 bits per heavy atom. The molecule has 4 atom stereocenters. The number of likely N-dealkylation sites (tertiary alicyclic amines) is 1. The van der Waals surface area contributed by atoms with Gasteiger partial charge in [-0.2, -0.15) is 0 Å². The molecule has 6 heteroatoms. The van der Waals surface area contributed by atoms with Gasteiger partial charge in [0.25, 0.3) is 0 Å². The van der Waals surface area contributed by atoms with Gasteiger partial charge in [-0.15, -0.1) is 11.3 Å². The minimum atomic E-state index is -0.664. The predicted octanol–water partition coefficient (Wildman–Crippen LogP) is 4.31. The molecule has 160 valence electrons. The van der Waals surface area contributed by atoms with E-state index in [1.165, 1.54) is 16.2 Å². The zero-order valence-electron chi connectivity index (χ0n) is 18.0. The number of thiophene rings is 1. The second kappa shape index (κ2) is 7.45. The normalized spacial score (nSPS) is 26.6. The molecule has 5 nitrogen and oxygen atoms in total. The van der Waals surface area contributed by atoms with Crippen LogP contribution in [0.5, 0.6) is 0 Å². The molecule has 0 radical (unpaired) electrons. The maximum atomic E-state index is 13.7. The number of hydrogen-bond acceptors (Lipinski definition) is 5. The van der Waals surface area contributed by atoms with Crippen molar-refractivity contribution in [3.63, 3.8) is 0 Å². The number of Topliss-reactive ketones (excluding diaryl/α,β-unsaturated/α-hetero) is 1. The Bertz CT molecular complexity index is 1100. The molecule has 3 aliphatic heterocycles. The van der Waals surface area contributed by atoms with Crippen molar-refractivity contribution in [3.05, 3.63) is 57.8 Å². The first kappa shape index (κ1) is 20.2. The Hall–Kier alpha value is -2.73. The molecule has 2 amide bonds. The number of nitrogens with zero attached hydrogens (tertiary/aromatic N) is 2. The number of rotatable bonds is 5. The van der Waals surface area contributed by atoms with Crippen LogP contribution < -0.4 is 4.90 Å². The van der Waals surface area contributed by atoms with E-state index in [-0.39, 0.29) is 23.6 Å². The lowest BCUT2D eigenvalue weighted by molar-refractivity contribution is -0.140. The average Bonchev–Trinajstić information content (AvgIpc) is 3.44. The summed E-state index contributed by atoms with van der Waals surface area (Å²) in [5.74, 6) is -1.53. The number of carbonyl (C=O) groups excluding carboxylic acids is 3. The Kier molecular flexibility index (Phi) is 4.85. The van der Waals surface area contributed by atoms with Crippen LogP contribution in [0.1, 0.15) is 47.5 Å². The van der Waals surface area contributed by atoms with E-state index in [2.05, 4.69) is 24.0 Å². The van der Waals surface area contributed by atoms with E-state index < -0.39 is 17.9 Å². The molecule has 1 aromatic heterocycles. The van der Waals surface area contributed by atoms with E-state index in [0.29, 0.717) is 11.4 Å². The number of ketones is 1. The number of unbranched alkanes of at least 4 members (excludes halogenated alkanes) is 1. The fourth-order valence-corrected chi connectivity index (χ4v) is 6.12. The van der Waals surface area contributed by atoms with Crippen LogP contribution in [0.3, 0.4) is 0 Å². The quantitative estimate of drug-likeness (QED) is 0.520. The zero-order chi connectivity index (χ0) is 21.9. The summed E-state index contributed by atoms with van der Waals surface area (Å²) in [6.07, 6.45) is 3.78. The van der Waals surface area contributed by atoms with Crippen LogP contribution in [0.2, 0.25) is 0 Å². The highest BCUT2D eigenvalue weighted by atomic mass is 32.1. The van der Waals surface area contributed by atoms with Crippen molar-refractivity contribution in [1.29, 1.82) is 0 Å². The largest absolute Gasteiger partial charge is 0.352 e. The molecule has 4 heterocycles. The first-order chi connectivity index (χ1) is 14.9. The zero-order valence-corrected chi connectivity index (χ0v) is 18.8. The van der Waals surface area contributed by atoms with Gasteiger partial charge in [-0.1, -0.05) is 37.1 Å². The van der Waals surface area contributed by atoms with Gasteiger partial charge in [0, 0.05) is 17.8 Å². The summed E-state index contributed by atoms with van der Waals surface area (Å²) in [6.45, 7) is 6.58. The predicted molar refractivity (Wildman–Crippen MR) is 122 cm³/mol. The standard InChI is InChI=1S/C25H26N2O3S/c1-4-5-10-26-24(29)20-18-13-15(3)16-12-14(2)8-9-17(16)27(18)22(21(20)25(26)30)23(28)19-7-6-11-31-19/h6-9,11-13,18,20-22H,4-5,10H2,1-3H3. The lowest BCUT2D eigenvalue weighted by atomic mass is 9.86. The number of carbonyl (C=O) groups is 3. The maximum absolute atomic E-state index is 13.7. The molecule has 2 aromatic rings. The second-order valence-corrected chi connectivity index (χ2v) is 9.74. The molecule has 0 N–H and O–H groups in total. The summed E-state index contributed by atoms with van der Waals surface area (Å²) >= 11 is 1.39. The van der Waals surface area contributed by atoms with Gasteiger partial charge in [0.1, 0.15) is 6.04 Å². The van der Waals surface area contributed by atoms with E-state index in [0.717, 1.165) is 35.2 Å². The number of benzene rings is 1. The Morgan fingerprint density at radius 1 is 1.10 bits per heavy atom. The number of anilines is 1. The monoisotopic (exact) mass is 434 g/mol. The summed E-state index contributed by atoms with van der Waals surface area (Å²) < 4.78 is 0. The minimum absolute atomic E-state index is 0.0644. The third-order valence-corrected chi connectivity index (χ3v) is 7.75. The molecule has 0 saturated carbocycles. The molecule has 3 aliphatic rings. The van der Waals surface area contributed by atoms with Gasteiger partial charge in [-0.25, -0.2) is 0 Å². The van der Waals surface area contributed by atoms with E-state index in [1.54, 1.807) is 0 Å². The van der Waals surface area contributed by atoms with Gasteiger partial charge in [-0.3, -0.25) is 19.3 Å². The van der Waals surface area contributed by atoms with Crippen LogP contribution >= 0.6 is 11.3 Å². The number of imide groups is 1. The molecule has 2 saturated heterocycles. The van der Waals surface area contributed by atoms with E-state index in [9.17, 15) is 14.4 Å². The van der Waals surface area contributed by atoms with Crippen LogP contribution in [0, 0.1) is 18.8 Å². The van der Waals surface area contributed by atoms with E-state index in [4.69, 9.17) is 0 Å². The summed E-state index contributed by atoms with van der Waals surface area (Å²) in [7, 11) is 0. The number of amides is 2. The van der Waals surface area contributed by atoms with Gasteiger partial charge in [-0.05, 0) is 49.4 Å². The van der Waals surface area contributed by atoms with Crippen molar-refractivity contribution in [3.8, 4) is 0 Å². The van der Waals surface area contributed by atoms with Gasteiger partial charge in [0.15, 0.2) is 5.78 Å². The number of allylic oxidation sites excluding steroid dienone is 1. The van der Waals surface area contributed by atoms with Gasteiger partial charge >= 0.3 is 0 Å². The Balaban J connectivity index is 1.66. The van der Waals surface area contributed by atoms with E-state index >= 15 is 0 Å². The van der Waals surface area contributed by atoms with Crippen LogP contribution in [0.4, 0.5) is 5.69 Å². The highest BCUT2D eigenvalue weighted by Crippen LogP contribution is 2.50. The van der Waals surface area contributed by atoms with Crippen molar-refractivity contribution in [1.82, 2.24) is 4.90 Å². The van der Waals surface area contributed by atoms with Crippen molar-refractivity contribution in [2.24, 2.45) is 11.8 Å². The molecule has 2 fully saturated rings. The summed E-state index contributed by atoms with van der Waals surface area (Å²) in [5.41, 5.74) is 4.25. The van der Waals surface area contributed by atoms with Crippen molar-refractivity contribution < 1.29 is 14.4 Å². The van der Waals surface area contributed by atoms with Gasteiger partial charge in [0.05, 0.1) is 22.8 Å². The molecule has 5 rings (SSSR count). The minimum Gasteiger partial charge on any atom is -0.352 e. The highest BCUT2D eigenvalue weighted by molar-refractivity contribution is 7.12. The highest BCUT2D eigenvalue weighted by Gasteiger charge is 2.64. The number of aryl methyl sites for hydroxylation is 1. The molecule has 0 bridgehead atoms. The summed E-state index contributed by atoms with van der Waals surface area (Å²) in [4.78, 5) is 44.7. The molecule has 0 spiro atoms. The van der Waals surface area contributed by atoms with Gasteiger partial charge < -0.3 is 4.90 Å². The SMILES string of the molecule is CCCCN1C(=O)C2C(C1=O)C(C(=O)c1cccs1)N1c3ccc(C)cc3C(C)=CC21. The fourth-order valence-electron chi connectivity index (χ4n) is 5.42. The molecule has 1 aromatic carbocycles. The van der Waals surface area contributed by atoms with Crippen LogP contribution in [-0.4, -0.2) is 41.1 Å². The smallest absolute Gasteiger partial charge is 0.235 e. The van der Waals surface area contributed by atoms with Crippen molar-refractivity contribution >= 4 is 40.2 Å². The lowest BCUT2D eigenvalue weighted by Crippen LogP contribution is -2.49. The average molecular weight is 435 g/mol. The number of fused-ring (bicyclic) bond motifs is 5. The molecular formula is C25H26N2O3S. The molecule has 0 aliphatic carbocycles. The Morgan fingerprint density at radius 3 is 2.58 bits per heavy atom. The molecule has 4 unspecified atom stereocenters. The van der Waals surface area contributed by atoms with Crippen LogP contribution in [0.15, 0.2) is 41.8 Å². The fraction of sp³-hybridized carbons (Fsp3) is 0.400. The second-order valence-electron chi connectivity index (χ2n) is 8.79. The van der Waals surface area contributed by atoms with Crippen LogP contribution in [0.25, 0.3) is 5.57 Å². The topological polar surface area (TPSA) is 57.7 Å². The third kappa shape index (κ3) is 2.92. The van der Waals surface area contributed by atoms with E-state index in [1.807, 2.05) is 43.5 Å². The van der Waals surface area contributed by atoms with Crippen molar-refractivity contribution in [2.75, 3.05) is 11.4 Å². The maximum Gasteiger partial charge on any atom is 0.235 e. The lowest BCUT2D eigenvalue weighted by Gasteiger charge is -2.38. The summed E-state index contributed by atoms with van der Waals surface area (Å²) in [5, 5.41) is 1.88. The Labute approximate surface area is 186 Å². The molecular weight excluding hydrogens is 408 g/mol. The summed E-state index contributed by atoms with van der Waals surface area (Å²) in [6, 6.07) is 8.91. The molecule has 31 heavy (non-hydrogen) atoms. The van der Waals surface area contributed by atoms with Gasteiger partial charge in [0.2, 0.25) is 11.8 Å². The van der Waals surface area contributed by atoms with Crippen LogP contribution in [-0.2, 0) is 9.59 Å². The van der Waals surface area contributed by atoms with Crippen molar-refractivity contribution in [2.45, 2.75) is 45.7 Å².